The van der Waals surface area contributed by atoms with E-state index in [-0.39, 0.29) is 0 Å². The van der Waals surface area contributed by atoms with Crippen LogP contribution in [0.5, 0.6) is 11.5 Å². The summed E-state index contributed by atoms with van der Waals surface area (Å²) in [6.07, 6.45) is 0. The van der Waals surface area contributed by atoms with Crippen molar-refractivity contribution in [2.75, 3.05) is 26.3 Å². The average molecular weight is 327 g/mol. The number of ether oxygens (including phenoxy) is 2. The number of hydrogen-bond donors (Lipinski definition) is 1. The molecule has 2 atom stereocenters. The molecule has 4 nitrogen and oxygen atoms in total. The highest BCUT2D eigenvalue weighted by molar-refractivity contribution is 9.10. The molecule has 19 heavy (non-hydrogen) atoms. The highest BCUT2D eigenvalue weighted by Crippen LogP contribution is 2.39. The zero-order chi connectivity index (χ0) is 13.4. The zero-order valence-electron chi connectivity index (χ0n) is 11.1. The third-order valence-electron chi connectivity index (χ3n) is 3.81. The Bertz CT molecular complexity index is 471. The number of nitrogens with two attached hydrogens (primary N) is 1. The molecule has 2 heterocycles. The normalized spacial score (nSPS) is 26.7. The monoisotopic (exact) mass is 326 g/mol. The molecule has 0 spiro atoms. The van der Waals surface area contributed by atoms with Gasteiger partial charge in [-0.15, -0.1) is 0 Å². The Kier molecular flexibility index (Phi) is 3.69. The van der Waals surface area contributed by atoms with Gasteiger partial charge in [-0.05, 0) is 39.5 Å². The molecule has 3 rings (SSSR count). The minimum Gasteiger partial charge on any atom is -0.486 e. The van der Waals surface area contributed by atoms with Crippen LogP contribution in [0.25, 0.3) is 0 Å². The van der Waals surface area contributed by atoms with Gasteiger partial charge < -0.3 is 15.2 Å². The minimum absolute atomic E-state index is 0.292. The lowest BCUT2D eigenvalue weighted by atomic mass is 10.1. The number of likely N-dealkylation sites (tertiary alicyclic amines) is 1. The lowest BCUT2D eigenvalue weighted by Crippen LogP contribution is -2.28. The third kappa shape index (κ3) is 2.73. The van der Waals surface area contributed by atoms with E-state index in [1.54, 1.807) is 0 Å². The van der Waals surface area contributed by atoms with Crippen molar-refractivity contribution in [2.45, 2.75) is 19.5 Å². The summed E-state index contributed by atoms with van der Waals surface area (Å²) in [7, 11) is 0. The van der Waals surface area contributed by atoms with E-state index in [1.807, 2.05) is 0 Å². The molecular formula is C14H19BrN2O2. The maximum atomic E-state index is 6.07. The summed E-state index contributed by atoms with van der Waals surface area (Å²) in [5.74, 6) is 2.23. The van der Waals surface area contributed by atoms with Gasteiger partial charge in [-0.2, -0.15) is 0 Å². The summed E-state index contributed by atoms with van der Waals surface area (Å²) in [4.78, 5) is 2.40. The van der Waals surface area contributed by atoms with Crippen LogP contribution in [0.3, 0.4) is 0 Å². The van der Waals surface area contributed by atoms with Crippen molar-refractivity contribution >= 4 is 15.9 Å². The van der Waals surface area contributed by atoms with Crippen molar-refractivity contribution in [1.29, 1.82) is 0 Å². The molecule has 2 aliphatic heterocycles. The van der Waals surface area contributed by atoms with Crippen LogP contribution in [0.4, 0.5) is 0 Å². The first-order chi connectivity index (χ1) is 9.13. The van der Waals surface area contributed by atoms with Gasteiger partial charge in [0.2, 0.25) is 0 Å². The number of nitrogens with zero attached hydrogens (tertiary/aromatic N) is 1. The van der Waals surface area contributed by atoms with Gasteiger partial charge in [0.25, 0.3) is 0 Å². The number of halogens is 1. The maximum Gasteiger partial charge on any atom is 0.175 e. The van der Waals surface area contributed by atoms with Gasteiger partial charge in [0.05, 0.1) is 4.47 Å². The SMILES string of the molecule is CC1CN(Cc2cc(Br)c3c(c2)OCCO3)CC1N. The molecule has 2 unspecified atom stereocenters. The second kappa shape index (κ2) is 5.31. The van der Waals surface area contributed by atoms with Gasteiger partial charge in [-0.3, -0.25) is 4.90 Å². The molecule has 0 saturated carbocycles. The van der Waals surface area contributed by atoms with E-state index in [0.29, 0.717) is 25.2 Å². The summed E-state index contributed by atoms with van der Waals surface area (Å²) in [6.45, 7) is 6.39. The molecule has 2 aliphatic rings. The molecule has 1 aromatic rings. The second-order valence-corrected chi connectivity index (χ2v) is 6.29. The van der Waals surface area contributed by atoms with Gasteiger partial charge in [-0.25, -0.2) is 0 Å². The van der Waals surface area contributed by atoms with Gasteiger partial charge in [-0.1, -0.05) is 6.92 Å². The first-order valence-electron chi connectivity index (χ1n) is 6.69. The van der Waals surface area contributed by atoms with Crippen LogP contribution in [-0.4, -0.2) is 37.2 Å². The van der Waals surface area contributed by atoms with Crippen molar-refractivity contribution in [2.24, 2.45) is 11.7 Å². The second-order valence-electron chi connectivity index (χ2n) is 5.44. The van der Waals surface area contributed by atoms with Crippen LogP contribution in [0.2, 0.25) is 0 Å². The average Bonchev–Trinajstić information content (AvgIpc) is 2.68. The van der Waals surface area contributed by atoms with Crippen LogP contribution in [0.1, 0.15) is 12.5 Å². The van der Waals surface area contributed by atoms with E-state index in [2.05, 4.69) is 39.9 Å². The van der Waals surface area contributed by atoms with E-state index < -0.39 is 0 Å². The van der Waals surface area contributed by atoms with E-state index in [9.17, 15) is 0 Å². The van der Waals surface area contributed by atoms with Crippen molar-refractivity contribution in [1.82, 2.24) is 4.90 Å². The number of fused-ring (bicyclic) bond motifs is 1. The quantitative estimate of drug-likeness (QED) is 0.903. The predicted octanol–water partition coefficient (Wildman–Crippen LogP) is 2.00. The summed E-state index contributed by atoms with van der Waals surface area (Å²) < 4.78 is 12.2. The summed E-state index contributed by atoms with van der Waals surface area (Å²) in [5, 5.41) is 0. The van der Waals surface area contributed by atoms with Gasteiger partial charge >= 0.3 is 0 Å². The molecular weight excluding hydrogens is 308 g/mol. The van der Waals surface area contributed by atoms with Crippen LogP contribution in [0.15, 0.2) is 16.6 Å². The molecule has 0 radical (unpaired) electrons. The van der Waals surface area contributed by atoms with Crippen LogP contribution >= 0.6 is 15.9 Å². The fourth-order valence-electron chi connectivity index (χ4n) is 2.74. The molecule has 1 saturated heterocycles. The molecule has 0 aromatic heterocycles. The molecule has 0 amide bonds. The zero-order valence-corrected chi connectivity index (χ0v) is 12.6. The lowest BCUT2D eigenvalue weighted by Gasteiger charge is -2.22. The Morgan fingerprint density at radius 2 is 2.11 bits per heavy atom. The Balaban J connectivity index is 1.77. The Labute approximate surface area is 122 Å². The Morgan fingerprint density at radius 3 is 2.84 bits per heavy atom. The molecule has 0 aliphatic carbocycles. The topological polar surface area (TPSA) is 47.7 Å². The number of rotatable bonds is 2. The maximum absolute atomic E-state index is 6.07. The van der Waals surface area contributed by atoms with Crippen LogP contribution in [0, 0.1) is 5.92 Å². The van der Waals surface area contributed by atoms with E-state index in [4.69, 9.17) is 15.2 Å². The smallest absolute Gasteiger partial charge is 0.175 e. The Morgan fingerprint density at radius 1 is 1.32 bits per heavy atom. The van der Waals surface area contributed by atoms with Gasteiger partial charge in [0.15, 0.2) is 11.5 Å². The van der Waals surface area contributed by atoms with Gasteiger partial charge in [0, 0.05) is 25.7 Å². The standard InChI is InChI=1S/C14H19BrN2O2/c1-9-6-17(8-12(9)16)7-10-4-11(15)14-13(5-10)18-2-3-19-14/h4-5,9,12H,2-3,6-8,16H2,1H3. The molecule has 2 N–H and O–H groups in total. The molecule has 0 bridgehead atoms. The van der Waals surface area contributed by atoms with Gasteiger partial charge in [0.1, 0.15) is 13.2 Å². The molecule has 5 heteroatoms. The molecule has 104 valence electrons. The number of hydrogen-bond acceptors (Lipinski definition) is 4. The summed E-state index contributed by atoms with van der Waals surface area (Å²) in [5.41, 5.74) is 7.30. The number of benzene rings is 1. The van der Waals surface area contributed by atoms with Crippen molar-refractivity contribution in [3.63, 3.8) is 0 Å². The van der Waals surface area contributed by atoms with Crippen molar-refractivity contribution in [3.05, 3.63) is 22.2 Å². The summed E-state index contributed by atoms with van der Waals surface area (Å²) in [6, 6.07) is 4.48. The van der Waals surface area contributed by atoms with Crippen LogP contribution < -0.4 is 15.2 Å². The minimum atomic E-state index is 0.292. The highest BCUT2D eigenvalue weighted by atomic mass is 79.9. The van der Waals surface area contributed by atoms with Crippen LogP contribution in [-0.2, 0) is 6.54 Å². The first-order valence-corrected chi connectivity index (χ1v) is 7.49. The predicted molar refractivity (Wildman–Crippen MR) is 77.5 cm³/mol. The fraction of sp³-hybridized carbons (Fsp3) is 0.571. The van der Waals surface area contributed by atoms with Crippen molar-refractivity contribution < 1.29 is 9.47 Å². The van der Waals surface area contributed by atoms with E-state index >= 15 is 0 Å². The fourth-order valence-corrected chi connectivity index (χ4v) is 3.34. The molecule has 1 aromatic carbocycles. The first kappa shape index (κ1) is 13.2. The lowest BCUT2D eigenvalue weighted by molar-refractivity contribution is 0.170. The Hall–Kier alpha value is -0.780. The largest absolute Gasteiger partial charge is 0.486 e. The molecule has 1 fully saturated rings. The summed E-state index contributed by atoms with van der Waals surface area (Å²) >= 11 is 3.56. The highest BCUT2D eigenvalue weighted by Gasteiger charge is 2.27. The van der Waals surface area contributed by atoms with E-state index in [0.717, 1.165) is 35.6 Å². The van der Waals surface area contributed by atoms with Crippen molar-refractivity contribution in [3.8, 4) is 11.5 Å². The van der Waals surface area contributed by atoms with E-state index in [1.165, 1.54) is 5.56 Å². The third-order valence-corrected chi connectivity index (χ3v) is 4.40.